The molecule has 0 aliphatic heterocycles. The lowest BCUT2D eigenvalue weighted by Gasteiger charge is -1.95. The van der Waals surface area contributed by atoms with Crippen LogP contribution in [-0.2, 0) is 4.79 Å². The Morgan fingerprint density at radius 2 is 2.00 bits per heavy atom. The van der Waals surface area contributed by atoms with Gasteiger partial charge in [0.15, 0.2) is 17.4 Å². The van der Waals surface area contributed by atoms with Crippen LogP contribution < -0.4 is 0 Å². The van der Waals surface area contributed by atoms with Crippen LogP contribution in [0.3, 0.4) is 0 Å². The van der Waals surface area contributed by atoms with Gasteiger partial charge in [0.2, 0.25) is 0 Å². The van der Waals surface area contributed by atoms with Crippen LogP contribution in [0.4, 0.5) is 0 Å². The number of hydrogen-bond acceptors (Lipinski definition) is 1. The molecule has 0 rings (SSSR count). The summed E-state index contributed by atoms with van der Waals surface area (Å²) in [4.78, 5) is 9.71. The minimum absolute atomic E-state index is 0. The molecule has 0 spiro atoms. The zero-order valence-corrected chi connectivity index (χ0v) is 4.98. The summed E-state index contributed by atoms with van der Waals surface area (Å²) in [5, 5.41) is 0. The van der Waals surface area contributed by atoms with Gasteiger partial charge >= 0.3 is 0 Å². The lowest BCUT2D eigenvalue weighted by atomic mass is 10.1. The van der Waals surface area contributed by atoms with Crippen molar-refractivity contribution in [1.29, 1.82) is 0 Å². The molecule has 48 valence electrons. The highest BCUT2D eigenvalue weighted by molar-refractivity contribution is 5.75. The summed E-state index contributed by atoms with van der Waals surface area (Å²) in [5.41, 5.74) is 0. The van der Waals surface area contributed by atoms with E-state index in [0.29, 0.717) is 5.92 Å². The lowest BCUT2D eigenvalue weighted by Crippen LogP contribution is -1.85. The van der Waals surface area contributed by atoms with Crippen molar-refractivity contribution in [1.82, 2.24) is 0 Å². The molecule has 0 unspecified atom stereocenters. The molecule has 1 nitrogen and oxygen atoms in total. The molecule has 0 saturated heterocycles. The fourth-order valence-corrected chi connectivity index (χ4v) is 0.401. The van der Waals surface area contributed by atoms with Gasteiger partial charge in [0, 0.05) is 6.42 Å². The van der Waals surface area contributed by atoms with Gasteiger partial charge in [-0.05, 0) is 12.3 Å². The first-order valence-corrected chi connectivity index (χ1v) is 2.71. The molecule has 0 aliphatic rings. The first-order chi connectivity index (χ1) is 3.27. The molecule has 2 heteroatoms. The standard InChI is InChI=1S/C6H12O.Al.3H/c1-6(2)4-3-5-7;;;;/h5-6H,3-4H2,1-2H3;;;;. The highest BCUT2D eigenvalue weighted by Gasteiger charge is 1.88. The van der Waals surface area contributed by atoms with Crippen LogP contribution in [0.25, 0.3) is 0 Å². The summed E-state index contributed by atoms with van der Waals surface area (Å²) >= 11 is 0. The van der Waals surface area contributed by atoms with Gasteiger partial charge in [0.25, 0.3) is 0 Å². The minimum Gasteiger partial charge on any atom is -0.303 e. The smallest absolute Gasteiger partial charge is 0.187 e. The molecule has 0 fully saturated rings. The molecule has 0 heterocycles. The highest BCUT2D eigenvalue weighted by atomic mass is 27.0. The van der Waals surface area contributed by atoms with E-state index < -0.39 is 0 Å². The molecule has 0 aromatic rings. The van der Waals surface area contributed by atoms with Gasteiger partial charge in [-0.15, -0.1) is 0 Å². The van der Waals surface area contributed by atoms with Crippen molar-refractivity contribution in [2.45, 2.75) is 26.7 Å². The first kappa shape index (κ1) is 11.1. The third kappa shape index (κ3) is 9.51. The molecule has 0 amide bonds. The number of aldehydes is 1. The molecule has 8 heavy (non-hydrogen) atoms. The quantitative estimate of drug-likeness (QED) is 0.400. The van der Waals surface area contributed by atoms with Crippen molar-refractivity contribution >= 4 is 23.6 Å². The highest BCUT2D eigenvalue weighted by Crippen LogP contribution is 1.99. The Bertz CT molecular complexity index is 52.5. The molecular weight excluding hydrogens is 115 g/mol. The molecule has 0 aromatic carbocycles. The summed E-state index contributed by atoms with van der Waals surface area (Å²) < 4.78 is 0. The maximum Gasteiger partial charge on any atom is 0.187 e. The Kier molecular flexibility index (Phi) is 9.96. The molecule has 0 aromatic heterocycles. The van der Waals surface area contributed by atoms with E-state index in [4.69, 9.17) is 0 Å². The second-order valence-corrected chi connectivity index (χ2v) is 2.14. The van der Waals surface area contributed by atoms with Crippen molar-refractivity contribution in [3.8, 4) is 0 Å². The molecule has 0 saturated carbocycles. The van der Waals surface area contributed by atoms with Crippen LogP contribution in [-0.4, -0.2) is 23.6 Å². The number of carbonyl (C=O) groups is 1. The van der Waals surface area contributed by atoms with Crippen LogP contribution in [0, 0.1) is 5.92 Å². The maximum atomic E-state index is 9.71. The number of carbonyl (C=O) groups excluding carboxylic acids is 1. The van der Waals surface area contributed by atoms with Gasteiger partial charge in [-0.2, -0.15) is 0 Å². The van der Waals surface area contributed by atoms with Gasteiger partial charge in [-0.3, -0.25) is 0 Å². The molecule has 0 atom stereocenters. The Hall–Kier alpha value is 0.202. The number of rotatable bonds is 3. The largest absolute Gasteiger partial charge is 0.303 e. The molecular formula is C6H15AlO. The average Bonchev–Trinajstić information content (AvgIpc) is 1.61. The first-order valence-electron chi connectivity index (χ1n) is 2.71. The third-order valence-corrected chi connectivity index (χ3v) is 0.862. The summed E-state index contributed by atoms with van der Waals surface area (Å²) in [6, 6.07) is 0. The molecule has 0 bridgehead atoms. The van der Waals surface area contributed by atoms with Crippen LogP contribution in [0.15, 0.2) is 0 Å². The van der Waals surface area contributed by atoms with Gasteiger partial charge in [0.1, 0.15) is 6.29 Å². The van der Waals surface area contributed by atoms with E-state index in [2.05, 4.69) is 13.8 Å². The van der Waals surface area contributed by atoms with Crippen molar-refractivity contribution in [2.24, 2.45) is 5.92 Å². The fraction of sp³-hybridized carbons (Fsp3) is 0.833. The zero-order chi connectivity index (χ0) is 5.70. The predicted octanol–water partition coefficient (Wildman–Crippen LogP) is 0.438. The molecule has 0 aliphatic carbocycles. The summed E-state index contributed by atoms with van der Waals surface area (Å²) in [5.74, 6) is 0.671. The minimum atomic E-state index is 0. The van der Waals surface area contributed by atoms with Crippen LogP contribution in [0.5, 0.6) is 0 Å². The number of hydrogen-bond donors (Lipinski definition) is 0. The Balaban J connectivity index is 0. The van der Waals surface area contributed by atoms with E-state index >= 15 is 0 Å². The Morgan fingerprint density at radius 1 is 1.50 bits per heavy atom. The molecule has 0 N–H and O–H groups in total. The van der Waals surface area contributed by atoms with Crippen LogP contribution >= 0.6 is 0 Å². The van der Waals surface area contributed by atoms with Gasteiger partial charge in [-0.1, -0.05) is 13.8 Å². The van der Waals surface area contributed by atoms with Gasteiger partial charge < -0.3 is 4.79 Å². The van der Waals surface area contributed by atoms with E-state index in [-0.39, 0.29) is 17.4 Å². The van der Waals surface area contributed by atoms with Crippen LogP contribution in [0.1, 0.15) is 26.7 Å². The normalized spacial score (nSPS) is 8.38. The monoisotopic (exact) mass is 130 g/mol. The summed E-state index contributed by atoms with van der Waals surface area (Å²) in [6.07, 6.45) is 2.72. The Morgan fingerprint density at radius 3 is 2.12 bits per heavy atom. The molecule has 0 radical (unpaired) electrons. The topological polar surface area (TPSA) is 17.1 Å². The van der Waals surface area contributed by atoms with E-state index in [1.807, 2.05) is 0 Å². The maximum absolute atomic E-state index is 9.71. The third-order valence-electron chi connectivity index (χ3n) is 0.862. The average molecular weight is 130 g/mol. The van der Waals surface area contributed by atoms with Crippen molar-refractivity contribution in [2.75, 3.05) is 0 Å². The van der Waals surface area contributed by atoms with Crippen LogP contribution in [0.2, 0.25) is 0 Å². The van der Waals surface area contributed by atoms with E-state index in [9.17, 15) is 4.79 Å². The van der Waals surface area contributed by atoms with E-state index in [1.165, 1.54) is 0 Å². The fourth-order valence-electron chi connectivity index (χ4n) is 0.401. The Labute approximate surface area is 61.6 Å². The lowest BCUT2D eigenvalue weighted by molar-refractivity contribution is -0.108. The second kappa shape index (κ2) is 7.20. The van der Waals surface area contributed by atoms with Gasteiger partial charge in [-0.25, -0.2) is 0 Å². The van der Waals surface area contributed by atoms with Gasteiger partial charge in [0.05, 0.1) is 0 Å². The zero-order valence-electron chi connectivity index (χ0n) is 4.98. The SMILES string of the molecule is CC(C)CCC=O.[AlH3]. The van der Waals surface area contributed by atoms with E-state index in [1.54, 1.807) is 0 Å². The van der Waals surface area contributed by atoms with Crippen molar-refractivity contribution in [3.05, 3.63) is 0 Å². The predicted molar refractivity (Wildman–Crippen MR) is 40.1 cm³/mol. The van der Waals surface area contributed by atoms with Crippen molar-refractivity contribution < 1.29 is 4.79 Å². The van der Waals surface area contributed by atoms with Crippen molar-refractivity contribution in [3.63, 3.8) is 0 Å². The summed E-state index contributed by atoms with van der Waals surface area (Å²) in [6.45, 7) is 4.23. The summed E-state index contributed by atoms with van der Waals surface area (Å²) in [7, 11) is 0. The van der Waals surface area contributed by atoms with E-state index in [0.717, 1.165) is 19.1 Å². The second-order valence-electron chi connectivity index (χ2n) is 2.14.